The summed E-state index contributed by atoms with van der Waals surface area (Å²) in [6, 6.07) is 4.83. The fourth-order valence-electron chi connectivity index (χ4n) is 2.11. The van der Waals surface area contributed by atoms with Gasteiger partial charge >= 0.3 is 11.8 Å². The van der Waals surface area contributed by atoms with E-state index < -0.39 is 11.8 Å². The van der Waals surface area contributed by atoms with E-state index in [0.717, 1.165) is 5.56 Å². The molecule has 1 aliphatic rings. The molecule has 0 saturated heterocycles. The Morgan fingerprint density at radius 2 is 2.10 bits per heavy atom. The number of halogens is 1. The van der Waals surface area contributed by atoms with Gasteiger partial charge in [-0.05, 0) is 31.0 Å². The van der Waals surface area contributed by atoms with Crippen LogP contribution in [0.3, 0.4) is 0 Å². The van der Waals surface area contributed by atoms with Gasteiger partial charge in [0.15, 0.2) is 0 Å². The van der Waals surface area contributed by atoms with Crippen molar-refractivity contribution in [2.24, 2.45) is 5.92 Å². The highest BCUT2D eigenvalue weighted by atomic mass is 35.5. The second-order valence-electron chi connectivity index (χ2n) is 5.06. The highest BCUT2D eigenvalue weighted by molar-refractivity contribution is 6.40. The maximum absolute atomic E-state index is 11.8. The van der Waals surface area contributed by atoms with Gasteiger partial charge in [0.05, 0.1) is 0 Å². The minimum Gasteiger partial charge on any atom is -0.396 e. The molecule has 1 aromatic carbocycles. The molecule has 1 aromatic rings. The molecule has 2 atom stereocenters. The molecule has 0 heterocycles. The van der Waals surface area contributed by atoms with Crippen LogP contribution in [0, 0.1) is 12.8 Å². The van der Waals surface area contributed by atoms with Gasteiger partial charge in [0.25, 0.3) is 0 Å². The Balaban J connectivity index is 1.89. The molecule has 0 spiro atoms. The van der Waals surface area contributed by atoms with Crippen LogP contribution in [-0.4, -0.2) is 29.6 Å². The number of anilines is 1. The number of hydrogen-bond acceptors (Lipinski definition) is 3. The van der Waals surface area contributed by atoms with Crippen molar-refractivity contribution in [3.8, 4) is 0 Å². The third-order valence-electron chi connectivity index (χ3n) is 3.36. The van der Waals surface area contributed by atoms with Gasteiger partial charge in [0.1, 0.15) is 0 Å². The fraction of sp³-hybridized carbons (Fsp3) is 0.333. The number of amides is 2. The molecule has 0 bridgehead atoms. The van der Waals surface area contributed by atoms with Crippen LogP contribution in [-0.2, 0) is 9.59 Å². The quantitative estimate of drug-likeness (QED) is 0.587. The van der Waals surface area contributed by atoms with E-state index in [1.165, 1.54) is 0 Å². The van der Waals surface area contributed by atoms with Crippen molar-refractivity contribution >= 4 is 29.1 Å². The smallest absolute Gasteiger partial charge is 0.313 e. The number of hydrogen-bond donors (Lipinski definition) is 3. The van der Waals surface area contributed by atoms with E-state index in [9.17, 15) is 9.59 Å². The fourth-order valence-corrected chi connectivity index (χ4v) is 2.29. The number of aliphatic hydroxyl groups is 1. The molecular formula is C15H17ClN2O3. The van der Waals surface area contributed by atoms with Crippen molar-refractivity contribution in [2.45, 2.75) is 19.4 Å². The third kappa shape index (κ3) is 4.06. The second kappa shape index (κ2) is 6.74. The topological polar surface area (TPSA) is 78.4 Å². The Bertz CT molecular complexity index is 586. The van der Waals surface area contributed by atoms with E-state index in [0.29, 0.717) is 17.1 Å². The number of aliphatic hydroxyl groups excluding tert-OH is 1. The maximum atomic E-state index is 11.8. The Kier molecular flexibility index (Phi) is 4.98. The van der Waals surface area contributed by atoms with Gasteiger partial charge in [-0.25, -0.2) is 0 Å². The van der Waals surface area contributed by atoms with Crippen LogP contribution in [0.1, 0.15) is 12.0 Å². The number of nitrogens with one attached hydrogen (secondary N) is 2. The summed E-state index contributed by atoms with van der Waals surface area (Å²) >= 11 is 5.96. The lowest BCUT2D eigenvalue weighted by Gasteiger charge is -2.12. The lowest BCUT2D eigenvalue weighted by molar-refractivity contribution is -0.136. The van der Waals surface area contributed by atoms with Crippen LogP contribution in [0.15, 0.2) is 30.4 Å². The normalized spacial score (nSPS) is 20.3. The van der Waals surface area contributed by atoms with Crippen LogP contribution >= 0.6 is 11.6 Å². The van der Waals surface area contributed by atoms with Crippen molar-refractivity contribution in [3.63, 3.8) is 0 Å². The van der Waals surface area contributed by atoms with Crippen LogP contribution in [0.4, 0.5) is 5.69 Å². The lowest BCUT2D eigenvalue weighted by atomic mass is 10.1. The van der Waals surface area contributed by atoms with Crippen molar-refractivity contribution in [1.82, 2.24) is 5.32 Å². The van der Waals surface area contributed by atoms with Crippen molar-refractivity contribution in [2.75, 3.05) is 11.9 Å². The first kappa shape index (κ1) is 15.5. The summed E-state index contributed by atoms with van der Waals surface area (Å²) in [5, 5.41) is 14.6. The van der Waals surface area contributed by atoms with Crippen LogP contribution < -0.4 is 10.6 Å². The second-order valence-corrected chi connectivity index (χ2v) is 5.47. The molecule has 0 unspecified atom stereocenters. The molecular weight excluding hydrogens is 292 g/mol. The molecule has 5 nitrogen and oxygen atoms in total. The molecule has 0 saturated carbocycles. The lowest BCUT2D eigenvalue weighted by Crippen LogP contribution is -2.40. The average Bonchev–Trinajstić information content (AvgIpc) is 2.90. The Hall–Kier alpha value is -1.85. The minimum absolute atomic E-state index is 0.0364. The van der Waals surface area contributed by atoms with Crippen LogP contribution in [0.2, 0.25) is 5.02 Å². The summed E-state index contributed by atoms with van der Waals surface area (Å²) in [4.78, 5) is 23.6. The predicted octanol–water partition coefficient (Wildman–Crippen LogP) is 1.64. The predicted molar refractivity (Wildman–Crippen MR) is 81.1 cm³/mol. The molecule has 2 amide bonds. The van der Waals surface area contributed by atoms with E-state index in [2.05, 4.69) is 10.6 Å². The monoisotopic (exact) mass is 308 g/mol. The number of rotatable bonds is 3. The Morgan fingerprint density at radius 3 is 2.71 bits per heavy atom. The van der Waals surface area contributed by atoms with Gasteiger partial charge in [0, 0.05) is 29.3 Å². The Labute approximate surface area is 128 Å². The molecule has 0 aromatic heterocycles. The first-order chi connectivity index (χ1) is 9.99. The number of benzene rings is 1. The van der Waals surface area contributed by atoms with Crippen molar-refractivity contribution in [3.05, 3.63) is 40.9 Å². The molecule has 3 N–H and O–H groups in total. The Morgan fingerprint density at radius 1 is 1.33 bits per heavy atom. The molecule has 112 valence electrons. The third-order valence-corrected chi connectivity index (χ3v) is 3.77. The number of carbonyl (C=O) groups is 2. The van der Waals surface area contributed by atoms with Crippen molar-refractivity contribution in [1.29, 1.82) is 0 Å². The number of aryl methyl sites for hydroxylation is 1. The molecule has 0 fully saturated rings. The minimum atomic E-state index is -0.740. The zero-order valence-corrected chi connectivity index (χ0v) is 12.4. The highest BCUT2D eigenvalue weighted by Crippen LogP contribution is 2.20. The zero-order chi connectivity index (χ0) is 15.4. The summed E-state index contributed by atoms with van der Waals surface area (Å²) in [5.41, 5.74) is 1.37. The summed E-state index contributed by atoms with van der Waals surface area (Å²) in [6.45, 7) is 1.89. The highest BCUT2D eigenvalue weighted by Gasteiger charge is 2.22. The van der Waals surface area contributed by atoms with Crippen LogP contribution in [0.25, 0.3) is 0 Å². The summed E-state index contributed by atoms with van der Waals surface area (Å²) in [6.07, 6.45) is 4.23. The first-order valence-corrected chi connectivity index (χ1v) is 7.04. The van der Waals surface area contributed by atoms with E-state index in [-0.39, 0.29) is 18.6 Å². The van der Waals surface area contributed by atoms with E-state index in [1.54, 1.807) is 24.3 Å². The standard InChI is InChI=1S/C15H17ClN2O3/c1-9-2-4-12(7-13(9)16)18-15(21)14(20)17-11-5-3-10(6-11)8-19/h2-5,7,10-11,19H,6,8H2,1H3,(H,17,20)(H,18,21)/t10-,11+/m0/s1. The first-order valence-electron chi connectivity index (χ1n) is 6.66. The van der Waals surface area contributed by atoms with Gasteiger partial charge in [-0.1, -0.05) is 29.8 Å². The van der Waals surface area contributed by atoms with E-state index in [1.807, 2.05) is 13.0 Å². The zero-order valence-electron chi connectivity index (χ0n) is 11.6. The molecule has 0 radical (unpaired) electrons. The average molecular weight is 309 g/mol. The van der Waals surface area contributed by atoms with E-state index >= 15 is 0 Å². The van der Waals surface area contributed by atoms with Gasteiger partial charge in [0.2, 0.25) is 0 Å². The summed E-state index contributed by atoms with van der Waals surface area (Å²) in [7, 11) is 0. The molecule has 21 heavy (non-hydrogen) atoms. The molecule has 2 rings (SSSR count). The van der Waals surface area contributed by atoms with E-state index in [4.69, 9.17) is 16.7 Å². The molecule has 0 aliphatic heterocycles. The van der Waals surface area contributed by atoms with Crippen LogP contribution in [0.5, 0.6) is 0 Å². The SMILES string of the molecule is Cc1ccc(NC(=O)C(=O)N[C@@H]2C=C[C@H](CO)C2)cc1Cl. The summed E-state index contributed by atoms with van der Waals surface area (Å²) < 4.78 is 0. The van der Waals surface area contributed by atoms with Gasteiger partial charge < -0.3 is 15.7 Å². The largest absolute Gasteiger partial charge is 0.396 e. The van der Waals surface area contributed by atoms with Gasteiger partial charge in [-0.15, -0.1) is 0 Å². The van der Waals surface area contributed by atoms with Gasteiger partial charge in [-0.3, -0.25) is 9.59 Å². The van der Waals surface area contributed by atoms with Gasteiger partial charge in [-0.2, -0.15) is 0 Å². The molecule has 6 heteroatoms. The number of carbonyl (C=O) groups excluding carboxylic acids is 2. The summed E-state index contributed by atoms with van der Waals surface area (Å²) in [5.74, 6) is -1.41. The maximum Gasteiger partial charge on any atom is 0.313 e. The van der Waals surface area contributed by atoms with Crippen molar-refractivity contribution < 1.29 is 14.7 Å². The molecule has 1 aliphatic carbocycles.